The van der Waals surface area contributed by atoms with Crippen molar-refractivity contribution >= 4 is 56.8 Å². The van der Waals surface area contributed by atoms with Crippen molar-refractivity contribution in [3.63, 3.8) is 0 Å². The fraction of sp³-hybridized carbons (Fsp3) is 0.333. The molecule has 0 spiro atoms. The molecule has 0 N–H and O–H groups in total. The van der Waals surface area contributed by atoms with Crippen molar-refractivity contribution in [3.05, 3.63) is 53.6 Å². The molecule has 3 aromatic rings. The molecule has 30 heavy (non-hydrogen) atoms. The highest BCUT2D eigenvalue weighted by Gasteiger charge is 2.23. The van der Waals surface area contributed by atoms with E-state index in [0.717, 1.165) is 35.4 Å². The van der Waals surface area contributed by atoms with Gasteiger partial charge in [-0.25, -0.2) is 13.8 Å². The highest BCUT2D eigenvalue weighted by molar-refractivity contribution is 7.98. The first-order valence-electron chi connectivity index (χ1n) is 9.40. The number of aromatic nitrogens is 1. The van der Waals surface area contributed by atoms with E-state index < -0.39 is 11.6 Å². The van der Waals surface area contributed by atoms with Crippen molar-refractivity contribution in [1.29, 1.82) is 0 Å². The van der Waals surface area contributed by atoms with Gasteiger partial charge in [0.15, 0.2) is 10.9 Å². The standard InChI is InChI=1S/C21H23F2N3OS2.ClH/c1-4-25(5-2)9-10-26(20(27)14-7-6-8-16(11-14)28-3)21-24-19-17(23)12-15(22)13-18(19)29-21;/h6-8,11-13H,4-5,9-10H2,1-3H3;1H. The van der Waals surface area contributed by atoms with Crippen LogP contribution in [0, 0.1) is 11.6 Å². The lowest BCUT2D eigenvalue weighted by atomic mass is 10.2. The normalized spacial score (nSPS) is 11.0. The molecule has 1 aromatic heterocycles. The zero-order chi connectivity index (χ0) is 21.0. The molecular formula is C21H24ClF2N3OS2. The summed E-state index contributed by atoms with van der Waals surface area (Å²) < 4.78 is 28.2. The summed E-state index contributed by atoms with van der Waals surface area (Å²) in [5, 5.41) is 0.371. The Bertz CT molecular complexity index is 1010. The third-order valence-electron chi connectivity index (χ3n) is 4.73. The van der Waals surface area contributed by atoms with Crippen molar-refractivity contribution in [3.8, 4) is 0 Å². The van der Waals surface area contributed by atoms with Crippen molar-refractivity contribution in [2.75, 3.05) is 37.3 Å². The Morgan fingerprint density at radius 3 is 2.53 bits per heavy atom. The van der Waals surface area contributed by atoms with Crippen LogP contribution in [0.3, 0.4) is 0 Å². The summed E-state index contributed by atoms with van der Waals surface area (Å²) in [4.78, 5) is 22.4. The number of benzene rings is 2. The lowest BCUT2D eigenvalue weighted by Crippen LogP contribution is -2.38. The monoisotopic (exact) mass is 471 g/mol. The molecule has 0 aliphatic heterocycles. The second kappa shape index (κ2) is 11.0. The first kappa shape index (κ1) is 24.5. The molecule has 3 rings (SSSR count). The van der Waals surface area contributed by atoms with Crippen LogP contribution in [0.2, 0.25) is 0 Å². The molecular weight excluding hydrogens is 448 g/mol. The molecule has 0 unspecified atom stereocenters. The van der Waals surface area contributed by atoms with E-state index in [1.807, 2.05) is 24.5 Å². The summed E-state index contributed by atoms with van der Waals surface area (Å²) in [5.41, 5.74) is 0.632. The first-order valence-corrected chi connectivity index (χ1v) is 11.4. The number of halogens is 3. The Kier molecular flexibility index (Phi) is 9.03. The zero-order valence-corrected chi connectivity index (χ0v) is 19.5. The van der Waals surface area contributed by atoms with Crippen LogP contribution in [0.1, 0.15) is 24.2 Å². The van der Waals surface area contributed by atoms with E-state index in [9.17, 15) is 13.6 Å². The van der Waals surface area contributed by atoms with Crippen LogP contribution in [-0.2, 0) is 0 Å². The summed E-state index contributed by atoms with van der Waals surface area (Å²) >= 11 is 2.68. The number of anilines is 1. The van der Waals surface area contributed by atoms with E-state index in [1.165, 1.54) is 6.07 Å². The number of thioether (sulfide) groups is 1. The SMILES string of the molecule is CCN(CC)CCN(C(=O)c1cccc(SC)c1)c1nc2c(F)cc(F)cc2s1.Cl. The van der Waals surface area contributed by atoms with Crippen LogP contribution in [0.25, 0.3) is 10.2 Å². The number of hydrogen-bond acceptors (Lipinski definition) is 5. The maximum absolute atomic E-state index is 14.2. The molecule has 0 fully saturated rings. The molecule has 0 aliphatic carbocycles. The zero-order valence-electron chi connectivity index (χ0n) is 17.0. The molecule has 0 radical (unpaired) electrons. The summed E-state index contributed by atoms with van der Waals surface area (Å²) in [6.45, 7) is 6.92. The molecule has 0 saturated heterocycles. The van der Waals surface area contributed by atoms with Gasteiger partial charge in [0, 0.05) is 29.6 Å². The van der Waals surface area contributed by atoms with Crippen molar-refractivity contribution in [2.24, 2.45) is 0 Å². The fourth-order valence-corrected chi connectivity index (χ4v) is 4.53. The summed E-state index contributed by atoms with van der Waals surface area (Å²) in [6.07, 6.45) is 1.95. The van der Waals surface area contributed by atoms with Crippen LogP contribution in [-0.4, -0.2) is 48.2 Å². The summed E-state index contributed by atoms with van der Waals surface area (Å²) in [5.74, 6) is -1.57. The molecule has 1 amide bonds. The minimum absolute atomic E-state index is 0. The Hall–Kier alpha value is -1.74. The number of carbonyl (C=O) groups excluding carboxylic acids is 1. The van der Waals surface area contributed by atoms with Crippen LogP contribution >= 0.6 is 35.5 Å². The highest BCUT2D eigenvalue weighted by atomic mass is 35.5. The van der Waals surface area contributed by atoms with Crippen LogP contribution in [0.15, 0.2) is 41.3 Å². The lowest BCUT2D eigenvalue weighted by Gasteiger charge is -2.24. The van der Waals surface area contributed by atoms with Gasteiger partial charge in [-0.2, -0.15) is 0 Å². The molecule has 162 valence electrons. The molecule has 0 saturated carbocycles. The van der Waals surface area contributed by atoms with Crippen molar-refractivity contribution in [1.82, 2.24) is 9.88 Å². The number of thiazole rings is 1. The molecule has 0 bridgehead atoms. The molecule has 0 aliphatic rings. The Balaban J connectivity index is 0.00000320. The van der Waals surface area contributed by atoms with Gasteiger partial charge in [0.05, 0.1) is 4.70 Å². The van der Waals surface area contributed by atoms with Crippen LogP contribution < -0.4 is 4.90 Å². The fourth-order valence-electron chi connectivity index (χ4n) is 3.04. The predicted molar refractivity (Wildman–Crippen MR) is 124 cm³/mol. The van der Waals surface area contributed by atoms with Gasteiger partial charge >= 0.3 is 0 Å². The Morgan fingerprint density at radius 1 is 1.13 bits per heavy atom. The summed E-state index contributed by atoms with van der Waals surface area (Å²) in [7, 11) is 0. The minimum atomic E-state index is -0.719. The number of carbonyl (C=O) groups is 1. The molecule has 2 aromatic carbocycles. The van der Waals surface area contributed by atoms with Crippen LogP contribution in [0.5, 0.6) is 0 Å². The molecule has 0 atom stereocenters. The van der Waals surface area contributed by atoms with E-state index in [-0.39, 0.29) is 23.8 Å². The minimum Gasteiger partial charge on any atom is -0.302 e. The molecule has 4 nitrogen and oxygen atoms in total. The number of likely N-dealkylation sites (N-methyl/N-ethyl adjacent to an activating group) is 1. The Labute approximate surface area is 189 Å². The number of hydrogen-bond donors (Lipinski definition) is 0. The quantitative estimate of drug-likeness (QED) is 0.394. The average Bonchev–Trinajstić information content (AvgIpc) is 3.15. The van der Waals surface area contributed by atoms with Gasteiger partial charge in [-0.1, -0.05) is 31.3 Å². The van der Waals surface area contributed by atoms with Gasteiger partial charge in [0.2, 0.25) is 0 Å². The van der Waals surface area contributed by atoms with Gasteiger partial charge in [-0.05, 0) is 43.6 Å². The first-order chi connectivity index (χ1) is 14.0. The number of nitrogens with zero attached hydrogens (tertiary/aromatic N) is 3. The van der Waals surface area contributed by atoms with Crippen molar-refractivity contribution in [2.45, 2.75) is 18.7 Å². The third kappa shape index (κ3) is 5.49. The predicted octanol–water partition coefficient (Wildman–Crippen LogP) is 5.71. The van der Waals surface area contributed by atoms with Crippen LogP contribution in [0.4, 0.5) is 13.9 Å². The Morgan fingerprint density at radius 2 is 1.87 bits per heavy atom. The second-order valence-electron chi connectivity index (χ2n) is 6.45. The van der Waals surface area contributed by atoms with Gasteiger partial charge in [-0.3, -0.25) is 9.69 Å². The average molecular weight is 472 g/mol. The smallest absolute Gasteiger partial charge is 0.260 e. The number of rotatable bonds is 8. The van der Waals surface area contributed by atoms with Gasteiger partial charge in [0.1, 0.15) is 11.3 Å². The number of amides is 1. The van der Waals surface area contributed by atoms with E-state index in [4.69, 9.17) is 0 Å². The van der Waals surface area contributed by atoms with E-state index in [0.29, 0.717) is 28.5 Å². The molecule has 9 heteroatoms. The van der Waals surface area contributed by atoms with Crippen molar-refractivity contribution < 1.29 is 13.6 Å². The highest BCUT2D eigenvalue weighted by Crippen LogP contribution is 2.32. The lowest BCUT2D eigenvalue weighted by molar-refractivity contribution is 0.0983. The largest absolute Gasteiger partial charge is 0.302 e. The van der Waals surface area contributed by atoms with Gasteiger partial charge in [-0.15, -0.1) is 24.2 Å². The van der Waals surface area contributed by atoms with E-state index in [1.54, 1.807) is 22.7 Å². The number of fused-ring (bicyclic) bond motifs is 1. The second-order valence-corrected chi connectivity index (χ2v) is 8.34. The topological polar surface area (TPSA) is 36.4 Å². The van der Waals surface area contributed by atoms with E-state index >= 15 is 0 Å². The third-order valence-corrected chi connectivity index (χ3v) is 6.48. The maximum Gasteiger partial charge on any atom is 0.260 e. The van der Waals surface area contributed by atoms with E-state index in [2.05, 4.69) is 23.7 Å². The summed E-state index contributed by atoms with van der Waals surface area (Å²) in [6, 6.07) is 9.45. The maximum atomic E-state index is 14.2. The van der Waals surface area contributed by atoms with Gasteiger partial charge in [0.25, 0.3) is 5.91 Å². The van der Waals surface area contributed by atoms with Gasteiger partial charge < -0.3 is 4.90 Å². The molecule has 1 heterocycles.